The molecule has 1 N–H and O–H groups in total. The van der Waals surface area contributed by atoms with Gasteiger partial charge in [0.2, 0.25) is 17.6 Å². The summed E-state index contributed by atoms with van der Waals surface area (Å²) >= 11 is 1.56. The molecule has 1 fully saturated rings. The molecule has 0 saturated carbocycles. The largest absolute Gasteiger partial charge is 0.493 e. The molecule has 32 heavy (non-hydrogen) atoms. The van der Waals surface area contributed by atoms with Crippen LogP contribution >= 0.6 is 11.8 Å². The van der Waals surface area contributed by atoms with E-state index in [0.29, 0.717) is 28.9 Å². The summed E-state index contributed by atoms with van der Waals surface area (Å²) in [4.78, 5) is 27.3. The van der Waals surface area contributed by atoms with E-state index in [-0.39, 0.29) is 11.8 Å². The maximum absolute atomic E-state index is 12.9. The molecule has 1 aliphatic rings. The molecule has 2 amide bonds. The molecule has 8 heteroatoms. The fraction of sp³-hybridized carbons (Fsp3) is 0.333. The van der Waals surface area contributed by atoms with Crippen molar-refractivity contribution in [2.45, 2.75) is 19.9 Å². The summed E-state index contributed by atoms with van der Waals surface area (Å²) in [5.74, 6) is 2.08. The zero-order valence-corrected chi connectivity index (χ0v) is 19.7. The van der Waals surface area contributed by atoms with Gasteiger partial charge in [-0.25, -0.2) is 0 Å². The zero-order chi connectivity index (χ0) is 23.3. The number of nitrogens with one attached hydrogen (secondary N) is 1. The number of ether oxygens (including phenoxy) is 3. The van der Waals surface area contributed by atoms with Gasteiger partial charge in [0.1, 0.15) is 6.04 Å². The molecule has 170 valence electrons. The SMILES string of the molecule is COc1cc(/C=C/C(=O)N2CSCC2C(=O)Nc2ccc(C)c(C)c2)cc(OC)c1OC. The number of methoxy groups -OCH3 is 3. The summed E-state index contributed by atoms with van der Waals surface area (Å²) in [6, 6.07) is 8.77. The molecular formula is C24H28N2O5S. The second-order valence-electron chi connectivity index (χ2n) is 7.40. The summed E-state index contributed by atoms with van der Waals surface area (Å²) in [6.07, 6.45) is 3.14. The van der Waals surface area contributed by atoms with Crippen molar-refractivity contribution in [1.82, 2.24) is 4.90 Å². The van der Waals surface area contributed by atoms with Gasteiger partial charge in [0, 0.05) is 17.5 Å². The van der Waals surface area contributed by atoms with Crippen LogP contribution in [0.1, 0.15) is 16.7 Å². The Kier molecular flexibility index (Phi) is 7.69. The molecule has 0 radical (unpaired) electrons. The van der Waals surface area contributed by atoms with Gasteiger partial charge >= 0.3 is 0 Å². The minimum atomic E-state index is -0.529. The summed E-state index contributed by atoms with van der Waals surface area (Å²) in [6.45, 7) is 4.02. The van der Waals surface area contributed by atoms with Gasteiger partial charge in [-0.2, -0.15) is 0 Å². The maximum Gasteiger partial charge on any atom is 0.248 e. The van der Waals surface area contributed by atoms with Crippen LogP contribution in [0.5, 0.6) is 17.2 Å². The van der Waals surface area contributed by atoms with Gasteiger partial charge in [-0.05, 0) is 60.9 Å². The van der Waals surface area contributed by atoms with Crippen molar-refractivity contribution in [3.63, 3.8) is 0 Å². The fourth-order valence-corrected chi connectivity index (χ4v) is 4.55. The molecule has 2 aromatic rings. The molecule has 1 atom stereocenters. The number of amides is 2. The molecule has 0 aliphatic carbocycles. The van der Waals surface area contributed by atoms with Crippen LogP contribution in [-0.4, -0.2) is 55.7 Å². The van der Waals surface area contributed by atoms with Gasteiger partial charge in [0.15, 0.2) is 11.5 Å². The van der Waals surface area contributed by atoms with Crippen LogP contribution in [-0.2, 0) is 9.59 Å². The standard InChI is InChI=1S/C24H28N2O5S/c1-15-6-8-18(10-16(15)2)25-24(28)19-13-32-14-26(19)22(27)9-7-17-11-20(29-3)23(31-5)21(12-17)30-4/h6-12,19H,13-14H2,1-5H3,(H,25,28)/b9-7+. The number of rotatable bonds is 7. The minimum absolute atomic E-state index is 0.187. The first kappa shape index (κ1) is 23.5. The molecule has 0 aromatic heterocycles. The summed E-state index contributed by atoms with van der Waals surface area (Å²) < 4.78 is 16.0. The Balaban J connectivity index is 1.73. The minimum Gasteiger partial charge on any atom is -0.493 e. The Morgan fingerprint density at radius 1 is 1.03 bits per heavy atom. The smallest absolute Gasteiger partial charge is 0.248 e. The fourth-order valence-electron chi connectivity index (χ4n) is 3.38. The van der Waals surface area contributed by atoms with Crippen molar-refractivity contribution in [3.05, 3.63) is 53.1 Å². The van der Waals surface area contributed by atoms with Gasteiger partial charge in [-0.3, -0.25) is 9.59 Å². The molecule has 1 unspecified atom stereocenters. The van der Waals surface area contributed by atoms with Crippen molar-refractivity contribution in [2.24, 2.45) is 0 Å². The van der Waals surface area contributed by atoms with Crippen LogP contribution < -0.4 is 19.5 Å². The molecule has 3 rings (SSSR count). The molecular weight excluding hydrogens is 428 g/mol. The lowest BCUT2D eigenvalue weighted by Crippen LogP contribution is -2.43. The van der Waals surface area contributed by atoms with E-state index >= 15 is 0 Å². The van der Waals surface area contributed by atoms with Crippen molar-refractivity contribution in [2.75, 3.05) is 38.3 Å². The number of hydrogen-bond donors (Lipinski definition) is 1. The Morgan fingerprint density at radius 2 is 1.72 bits per heavy atom. The zero-order valence-electron chi connectivity index (χ0n) is 18.9. The van der Waals surface area contributed by atoms with Gasteiger partial charge in [-0.15, -0.1) is 11.8 Å². The number of carbonyl (C=O) groups is 2. The summed E-state index contributed by atoms with van der Waals surface area (Å²) in [5.41, 5.74) is 3.71. The molecule has 0 bridgehead atoms. The predicted molar refractivity (Wildman–Crippen MR) is 128 cm³/mol. The van der Waals surface area contributed by atoms with E-state index < -0.39 is 6.04 Å². The van der Waals surface area contributed by atoms with Crippen molar-refractivity contribution in [3.8, 4) is 17.2 Å². The predicted octanol–water partition coefficient (Wildman–Crippen LogP) is 3.88. The van der Waals surface area contributed by atoms with Gasteiger partial charge in [0.25, 0.3) is 0 Å². The Hall–Kier alpha value is -3.13. The van der Waals surface area contributed by atoms with E-state index in [1.54, 1.807) is 34.9 Å². The van der Waals surface area contributed by atoms with E-state index in [1.165, 1.54) is 27.4 Å². The topological polar surface area (TPSA) is 77.1 Å². The third kappa shape index (κ3) is 5.19. The quantitative estimate of drug-likeness (QED) is 0.637. The first-order valence-electron chi connectivity index (χ1n) is 10.1. The number of hydrogen-bond acceptors (Lipinski definition) is 6. The summed E-state index contributed by atoms with van der Waals surface area (Å²) in [7, 11) is 4.61. The lowest BCUT2D eigenvalue weighted by molar-refractivity contribution is -0.132. The van der Waals surface area contributed by atoms with Crippen LogP contribution in [0.25, 0.3) is 6.08 Å². The van der Waals surface area contributed by atoms with E-state index in [4.69, 9.17) is 14.2 Å². The highest BCUT2D eigenvalue weighted by Gasteiger charge is 2.33. The van der Waals surface area contributed by atoms with E-state index in [2.05, 4.69) is 5.32 Å². The highest BCUT2D eigenvalue weighted by molar-refractivity contribution is 7.99. The first-order chi connectivity index (χ1) is 15.4. The normalized spacial score (nSPS) is 15.7. The van der Waals surface area contributed by atoms with Crippen LogP contribution in [0, 0.1) is 13.8 Å². The highest BCUT2D eigenvalue weighted by Crippen LogP contribution is 2.38. The van der Waals surface area contributed by atoms with Gasteiger partial charge in [-0.1, -0.05) is 6.07 Å². The number of thioether (sulfide) groups is 1. The maximum atomic E-state index is 12.9. The van der Waals surface area contributed by atoms with Crippen LogP contribution in [0.15, 0.2) is 36.4 Å². The van der Waals surface area contributed by atoms with Gasteiger partial charge < -0.3 is 24.4 Å². The third-order valence-electron chi connectivity index (χ3n) is 5.35. The number of nitrogens with zero attached hydrogens (tertiary/aromatic N) is 1. The second kappa shape index (κ2) is 10.5. The third-order valence-corrected chi connectivity index (χ3v) is 6.36. The second-order valence-corrected chi connectivity index (χ2v) is 8.40. The average molecular weight is 457 g/mol. The molecule has 1 saturated heterocycles. The van der Waals surface area contributed by atoms with E-state index in [1.807, 2.05) is 32.0 Å². The van der Waals surface area contributed by atoms with Crippen molar-refractivity contribution < 1.29 is 23.8 Å². The molecule has 0 spiro atoms. The monoisotopic (exact) mass is 456 g/mol. The summed E-state index contributed by atoms with van der Waals surface area (Å²) in [5, 5.41) is 2.94. The van der Waals surface area contributed by atoms with E-state index in [0.717, 1.165) is 22.4 Å². The Bertz CT molecular complexity index is 1010. The number of anilines is 1. The average Bonchev–Trinajstić information content (AvgIpc) is 3.29. The lowest BCUT2D eigenvalue weighted by atomic mass is 10.1. The van der Waals surface area contributed by atoms with Gasteiger partial charge in [0.05, 0.1) is 27.2 Å². The van der Waals surface area contributed by atoms with Crippen molar-refractivity contribution in [1.29, 1.82) is 0 Å². The highest BCUT2D eigenvalue weighted by atomic mass is 32.2. The van der Waals surface area contributed by atoms with Crippen LogP contribution in [0.2, 0.25) is 0 Å². The van der Waals surface area contributed by atoms with Crippen molar-refractivity contribution >= 4 is 35.3 Å². The van der Waals surface area contributed by atoms with Crippen LogP contribution in [0.3, 0.4) is 0 Å². The lowest BCUT2D eigenvalue weighted by Gasteiger charge is -2.22. The molecule has 1 heterocycles. The van der Waals surface area contributed by atoms with E-state index in [9.17, 15) is 9.59 Å². The number of carbonyl (C=O) groups excluding carboxylic acids is 2. The number of benzene rings is 2. The van der Waals surface area contributed by atoms with Crippen LogP contribution in [0.4, 0.5) is 5.69 Å². The molecule has 2 aromatic carbocycles. The Labute approximate surface area is 192 Å². The number of aryl methyl sites for hydroxylation is 2. The Morgan fingerprint density at radius 3 is 2.31 bits per heavy atom. The molecule has 7 nitrogen and oxygen atoms in total. The first-order valence-corrected chi connectivity index (χ1v) is 11.3. The molecule has 1 aliphatic heterocycles.